The van der Waals surface area contributed by atoms with Crippen molar-refractivity contribution in [3.8, 4) is 0 Å². The van der Waals surface area contributed by atoms with Gasteiger partial charge in [0, 0.05) is 33.4 Å². The van der Waals surface area contributed by atoms with Crippen LogP contribution in [0.3, 0.4) is 0 Å². The van der Waals surface area contributed by atoms with Crippen LogP contribution < -0.4 is 15.5 Å². The lowest BCUT2D eigenvalue weighted by Crippen LogP contribution is -2.49. The summed E-state index contributed by atoms with van der Waals surface area (Å²) < 4.78 is 0. The highest BCUT2D eigenvalue weighted by Gasteiger charge is 2.34. The second-order valence-electron chi connectivity index (χ2n) is 5.53. The molecule has 1 aliphatic rings. The van der Waals surface area contributed by atoms with E-state index in [-0.39, 0.29) is 6.03 Å². The Morgan fingerprint density at radius 3 is 2.80 bits per heavy atom. The predicted molar refractivity (Wildman–Crippen MR) is 77.6 cm³/mol. The fourth-order valence-corrected chi connectivity index (χ4v) is 2.07. The Morgan fingerprint density at radius 1 is 1.45 bits per heavy atom. The summed E-state index contributed by atoms with van der Waals surface area (Å²) in [7, 11) is 3.84. The van der Waals surface area contributed by atoms with E-state index in [9.17, 15) is 9.90 Å². The smallest absolute Gasteiger partial charge is 0.315 e. The number of carbonyl (C=O) groups is 1. The van der Waals surface area contributed by atoms with Crippen LogP contribution in [0.25, 0.3) is 0 Å². The summed E-state index contributed by atoms with van der Waals surface area (Å²) in [6.45, 7) is 0.756. The highest BCUT2D eigenvalue weighted by atomic mass is 16.3. The molecule has 20 heavy (non-hydrogen) atoms. The van der Waals surface area contributed by atoms with Gasteiger partial charge in [-0.05, 0) is 37.0 Å². The van der Waals surface area contributed by atoms with Crippen LogP contribution >= 0.6 is 0 Å². The maximum Gasteiger partial charge on any atom is 0.315 e. The Hall–Kier alpha value is -1.82. The van der Waals surface area contributed by atoms with E-state index in [1.54, 1.807) is 6.20 Å². The summed E-state index contributed by atoms with van der Waals surface area (Å²) in [5.41, 5.74) is 0.299. The number of urea groups is 1. The number of aromatic nitrogens is 1. The highest BCUT2D eigenvalue weighted by Crippen LogP contribution is 2.30. The molecule has 0 aliphatic heterocycles. The Kier molecular flexibility index (Phi) is 4.44. The third kappa shape index (κ3) is 3.84. The van der Waals surface area contributed by atoms with Gasteiger partial charge in [0.2, 0.25) is 0 Å². The van der Waals surface area contributed by atoms with Gasteiger partial charge >= 0.3 is 6.03 Å². The fourth-order valence-electron chi connectivity index (χ4n) is 2.07. The first-order valence-corrected chi connectivity index (χ1v) is 6.85. The average Bonchev–Trinajstić information content (AvgIpc) is 2.41. The topological polar surface area (TPSA) is 77.5 Å². The van der Waals surface area contributed by atoms with E-state index in [0.717, 1.165) is 30.6 Å². The van der Waals surface area contributed by atoms with Crippen LogP contribution in [0.1, 0.15) is 24.8 Å². The van der Waals surface area contributed by atoms with Crippen molar-refractivity contribution in [2.45, 2.75) is 31.4 Å². The van der Waals surface area contributed by atoms with Gasteiger partial charge in [0.1, 0.15) is 5.82 Å². The molecule has 110 valence electrons. The van der Waals surface area contributed by atoms with Crippen molar-refractivity contribution >= 4 is 11.8 Å². The zero-order valence-corrected chi connectivity index (χ0v) is 12.0. The molecule has 6 heteroatoms. The van der Waals surface area contributed by atoms with Crippen LogP contribution in [-0.4, -0.2) is 42.4 Å². The Balaban J connectivity index is 1.76. The Morgan fingerprint density at radius 2 is 2.20 bits per heavy atom. The lowest BCUT2D eigenvalue weighted by Gasteiger charge is -2.36. The third-order valence-corrected chi connectivity index (χ3v) is 3.58. The molecule has 2 amide bonds. The molecule has 2 rings (SSSR count). The standard InChI is InChI=1S/C14H22N4O2/c1-18(2)12-8-11(4-7-15-12)9-16-13(19)17-10-14(20)5-3-6-14/h4,7-8,20H,3,5-6,9-10H2,1-2H3,(H2,16,17,19). The first-order chi connectivity index (χ1) is 9.48. The van der Waals surface area contributed by atoms with Gasteiger partial charge in [-0.3, -0.25) is 0 Å². The third-order valence-electron chi connectivity index (χ3n) is 3.58. The van der Waals surface area contributed by atoms with E-state index in [0.29, 0.717) is 13.1 Å². The van der Waals surface area contributed by atoms with Gasteiger partial charge in [0.25, 0.3) is 0 Å². The second-order valence-corrected chi connectivity index (χ2v) is 5.53. The van der Waals surface area contributed by atoms with Crippen molar-refractivity contribution in [1.82, 2.24) is 15.6 Å². The molecule has 3 N–H and O–H groups in total. The molecular formula is C14H22N4O2. The summed E-state index contributed by atoms with van der Waals surface area (Å²) in [5, 5.41) is 15.4. The maximum absolute atomic E-state index is 11.7. The van der Waals surface area contributed by atoms with E-state index in [1.165, 1.54) is 0 Å². The number of anilines is 1. The summed E-state index contributed by atoms with van der Waals surface area (Å²) in [6.07, 6.45) is 4.29. The minimum atomic E-state index is -0.688. The molecule has 1 saturated carbocycles. The van der Waals surface area contributed by atoms with E-state index in [4.69, 9.17) is 0 Å². The number of nitrogens with one attached hydrogen (secondary N) is 2. The van der Waals surface area contributed by atoms with Gasteiger partial charge in [-0.2, -0.15) is 0 Å². The number of hydrogen-bond acceptors (Lipinski definition) is 4. The summed E-state index contributed by atoms with van der Waals surface area (Å²) in [5.74, 6) is 0.855. The number of aliphatic hydroxyl groups is 1. The number of pyridine rings is 1. The molecule has 1 fully saturated rings. The number of rotatable bonds is 5. The minimum Gasteiger partial charge on any atom is -0.388 e. The first-order valence-electron chi connectivity index (χ1n) is 6.85. The first kappa shape index (κ1) is 14.6. The van der Waals surface area contributed by atoms with E-state index < -0.39 is 5.60 Å². The number of hydrogen-bond donors (Lipinski definition) is 3. The van der Waals surface area contributed by atoms with Crippen LogP contribution in [0.2, 0.25) is 0 Å². The predicted octanol–water partition coefficient (Wildman–Crippen LogP) is 0.862. The van der Waals surface area contributed by atoms with Crippen molar-refractivity contribution in [2.24, 2.45) is 0 Å². The molecule has 0 unspecified atom stereocenters. The van der Waals surface area contributed by atoms with Gasteiger partial charge in [0.15, 0.2) is 0 Å². The fraction of sp³-hybridized carbons (Fsp3) is 0.571. The van der Waals surface area contributed by atoms with Crippen LogP contribution in [-0.2, 0) is 6.54 Å². The molecule has 0 spiro atoms. The Labute approximate surface area is 119 Å². The largest absolute Gasteiger partial charge is 0.388 e. The molecule has 1 aromatic heterocycles. The van der Waals surface area contributed by atoms with Gasteiger partial charge < -0.3 is 20.6 Å². The molecule has 0 bridgehead atoms. The van der Waals surface area contributed by atoms with Crippen molar-refractivity contribution in [1.29, 1.82) is 0 Å². The number of nitrogens with zero attached hydrogens (tertiary/aromatic N) is 2. The van der Waals surface area contributed by atoms with Crippen molar-refractivity contribution in [3.63, 3.8) is 0 Å². The van der Waals surface area contributed by atoms with Crippen molar-refractivity contribution in [3.05, 3.63) is 23.9 Å². The second kappa shape index (κ2) is 6.09. The molecule has 1 aromatic rings. The van der Waals surface area contributed by atoms with Crippen LogP contribution in [0.15, 0.2) is 18.3 Å². The highest BCUT2D eigenvalue weighted by molar-refractivity contribution is 5.73. The van der Waals surface area contributed by atoms with Gasteiger partial charge in [0.05, 0.1) is 5.60 Å². The zero-order valence-electron chi connectivity index (χ0n) is 12.0. The molecule has 6 nitrogen and oxygen atoms in total. The lowest BCUT2D eigenvalue weighted by molar-refractivity contribution is -0.0290. The summed E-state index contributed by atoms with van der Waals surface area (Å²) in [4.78, 5) is 17.8. The zero-order chi connectivity index (χ0) is 14.6. The molecule has 0 atom stereocenters. The Bertz CT molecular complexity index is 472. The van der Waals surface area contributed by atoms with E-state index >= 15 is 0 Å². The van der Waals surface area contributed by atoms with Crippen LogP contribution in [0.4, 0.5) is 10.6 Å². The molecular weight excluding hydrogens is 256 g/mol. The maximum atomic E-state index is 11.7. The molecule has 1 aliphatic carbocycles. The van der Waals surface area contributed by atoms with Crippen LogP contribution in [0.5, 0.6) is 0 Å². The van der Waals surface area contributed by atoms with Gasteiger partial charge in [-0.1, -0.05) is 0 Å². The van der Waals surface area contributed by atoms with Gasteiger partial charge in [-0.25, -0.2) is 9.78 Å². The number of carbonyl (C=O) groups excluding carboxylic acids is 1. The molecule has 0 radical (unpaired) electrons. The van der Waals surface area contributed by atoms with Crippen molar-refractivity contribution < 1.29 is 9.90 Å². The molecule has 1 heterocycles. The molecule has 0 aromatic carbocycles. The van der Waals surface area contributed by atoms with E-state index in [1.807, 2.05) is 31.1 Å². The SMILES string of the molecule is CN(C)c1cc(CNC(=O)NCC2(O)CCC2)ccn1. The molecule has 0 saturated heterocycles. The summed E-state index contributed by atoms with van der Waals surface area (Å²) in [6, 6.07) is 3.54. The van der Waals surface area contributed by atoms with Crippen molar-refractivity contribution in [2.75, 3.05) is 25.5 Å². The van der Waals surface area contributed by atoms with Gasteiger partial charge in [-0.15, -0.1) is 0 Å². The lowest BCUT2D eigenvalue weighted by atomic mass is 9.80. The normalized spacial score (nSPS) is 16.1. The van der Waals surface area contributed by atoms with Crippen LogP contribution in [0, 0.1) is 0 Å². The minimum absolute atomic E-state index is 0.256. The number of amides is 2. The quantitative estimate of drug-likeness (QED) is 0.746. The van der Waals surface area contributed by atoms with E-state index in [2.05, 4.69) is 15.6 Å². The monoisotopic (exact) mass is 278 g/mol. The summed E-state index contributed by atoms with van der Waals surface area (Å²) >= 11 is 0. The average molecular weight is 278 g/mol.